The number of nitrogens with zero attached hydrogens (tertiary/aromatic N) is 3. The maximum absolute atomic E-state index is 12.9. The minimum atomic E-state index is 0.00114. The van der Waals surface area contributed by atoms with Crippen molar-refractivity contribution in [1.29, 1.82) is 0 Å². The van der Waals surface area contributed by atoms with Gasteiger partial charge in [0, 0.05) is 49.7 Å². The highest BCUT2D eigenvalue weighted by Crippen LogP contribution is 2.22. The summed E-state index contributed by atoms with van der Waals surface area (Å²) in [4.78, 5) is 33.1. The molecule has 3 rings (SSSR count). The van der Waals surface area contributed by atoms with E-state index in [0.29, 0.717) is 37.3 Å². The van der Waals surface area contributed by atoms with Crippen LogP contribution < -0.4 is 0 Å². The number of amides is 2. The molecule has 1 fully saturated rings. The van der Waals surface area contributed by atoms with Crippen molar-refractivity contribution in [2.75, 3.05) is 26.2 Å². The Bertz CT molecular complexity index is 795. The zero-order valence-corrected chi connectivity index (χ0v) is 16.3. The van der Waals surface area contributed by atoms with Crippen molar-refractivity contribution in [3.63, 3.8) is 0 Å². The van der Waals surface area contributed by atoms with Crippen LogP contribution in [0.3, 0.4) is 0 Å². The van der Waals surface area contributed by atoms with E-state index in [1.807, 2.05) is 34.1 Å². The van der Waals surface area contributed by atoms with Gasteiger partial charge < -0.3 is 9.80 Å². The fourth-order valence-electron chi connectivity index (χ4n) is 3.30. The highest BCUT2D eigenvalue weighted by molar-refractivity contribution is 5.95. The number of carbonyl (C=O) groups is 2. The van der Waals surface area contributed by atoms with Crippen LogP contribution >= 0.6 is 0 Å². The molecule has 0 spiro atoms. The van der Waals surface area contributed by atoms with Gasteiger partial charge in [0.15, 0.2) is 0 Å². The lowest BCUT2D eigenvalue weighted by atomic mass is 9.86. The summed E-state index contributed by atoms with van der Waals surface area (Å²) in [7, 11) is 0. The Morgan fingerprint density at radius 2 is 1.26 bits per heavy atom. The van der Waals surface area contributed by atoms with E-state index in [4.69, 9.17) is 0 Å². The molecule has 142 valence electrons. The zero-order chi connectivity index (χ0) is 19.4. The normalized spacial score (nSPS) is 15.4. The Morgan fingerprint density at radius 1 is 0.778 bits per heavy atom. The van der Waals surface area contributed by atoms with Gasteiger partial charge in [-0.1, -0.05) is 32.9 Å². The van der Waals surface area contributed by atoms with E-state index in [1.165, 1.54) is 5.56 Å². The molecule has 0 radical (unpaired) electrons. The first-order valence-electron chi connectivity index (χ1n) is 9.45. The molecule has 0 bridgehead atoms. The van der Waals surface area contributed by atoms with E-state index >= 15 is 0 Å². The molecule has 2 heterocycles. The number of carbonyl (C=O) groups excluding carboxylic acids is 2. The molecule has 1 aliphatic heterocycles. The number of rotatable bonds is 2. The van der Waals surface area contributed by atoms with E-state index in [0.717, 1.165) is 6.42 Å². The molecular formula is C22H27N3O2. The van der Waals surface area contributed by atoms with Crippen LogP contribution in [0.25, 0.3) is 0 Å². The van der Waals surface area contributed by atoms with Gasteiger partial charge in [-0.25, -0.2) is 0 Å². The largest absolute Gasteiger partial charge is 0.337 e. The molecule has 0 N–H and O–H groups in total. The van der Waals surface area contributed by atoms with Gasteiger partial charge in [0.25, 0.3) is 11.8 Å². The number of hydrogen-bond donors (Lipinski definition) is 0. The van der Waals surface area contributed by atoms with E-state index in [1.54, 1.807) is 24.5 Å². The monoisotopic (exact) mass is 365 g/mol. The fraction of sp³-hybridized carbons (Fsp3) is 0.409. The third-order valence-electron chi connectivity index (χ3n) is 5.00. The quantitative estimate of drug-likeness (QED) is 0.820. The molecule has 1 aliphatic rings. The first kappa shape index (κ1) is 19.1. The first-order chi connectivity index (χ1) is 12.9. The highest BCUT2D eigenvalue weighted by Gasteiger charge is 2.24. The van der Waals surface area contributed by atoms with E-state index in [9.17, 15) is 9.59 Å². The molecule has 1 aromatic heterocycles. The second kappa shape index (κ2) is 7.91. The van der Waals surface area contributed by atoms with Gasteiger partial charge in [0.1, 0.15) is 0 Å². The van der Waals surface area contributed by atoms with Crippen LogP contribution in [-0.2, 0) is 5.41 Å². The van der Waals surface area contributed by atoms with Crippen LogP contribution in [0.5, 0.6) is 0 Å². The fourth-order valence-corrected chi connectivity index (χ4v) is 3.30. The standard InChI is InChI=1S/C22H27N3O2/c1-22(2,3)19-7-5-17(6-8-19)20(26)24-13-4-14-25(16-15-24)21(27)18-9-11-23-12-10-18/h5-12H,4,13-16H2,1-3H3. The van der Waals surface area contributed by atoms with Crippen LogP contribution in [-0.4, -0.2) is 52.8 Å². The molecular weight excluding hydrogens is 338 g/mol. The van der Waals surface area contributed by atoms with Crippen LogP contribution in [0.4, 0.5) is 0 Å². The topological polar surface area (TPSA) is 53.5 Å². The van der Waals surface area contributed by atoms with Crippen LogP contribution in [0.2, 0.25) is 0 Å². The summed E-state index contributed by atoms with van der Waals surface area (Å²) in [6, 6.07) is 11.3. The van der Waals surface area contributed by atoms with Crippen molar-refractivity contribution in [3.8, 4) is 0 Å². The van der Waals surface area contributed by atoms with Crippen molar-refractivity contribution in [2.45, 2.75) is 32.6 Å². The summed E-state index contributed by atoms with van der Waals surface area (Å²) >= 11 is 0. The van der Waals surface area contributed by atoms with Crippen LogP contribution in [0.15, 0.2) is 48.8 Å². The maximum Gasteiger partial charge on any atom is 0.254 e. The summed E-state index contributed by atoms with van der Waals surface area (Å²) in [6.07, 6.45) is 4.03. The van der Waals surface area contributed by atoms with Gasteiger partial charge in [0.2, 0.25) is 0 Å². The predicted molar refractivity (Wildman–Crippen MR) is 106 cm³/mol. The molecule has 5 nitrogen and oxygen atoms in total. The van der Waals surface area contributed by atoms with Crippen molar-refractivity contribution in [2.24, 2.45) is 0 Å². The van der Waals surface area contributed by atoms with Gasteiger partial charge in [-0.05, 0) is 41.7 Å². The molecule has 0 atom stereocenters. The molecule has 5 heteroatoms. The lowest BCUT2D eigenvalue weighted by Gasteiger charge is -2.23. The second-order valence-corrected chi connectivity index (χ2v) is 8.00. The Hall–Kier alpha value is -2.69. The molecule has 0 unspecified atom stereocenters. The van der Waals surface area contributed by atoms with Gasteiger partial charge in [0.05, 0.1) is 0 Å². The first-order valence-corrected chi connectivity index (χ1v) is 9.45. The van der Waals surface area contributed by atoms with E-state index in [-0.39, 0.29) is 17.2 Å². The maximum atomic E-state index is 12.9. The second-order valence-electron chi connectivity index (χ2n) is 8.00. The predicted octanol–water partition coefficient (Wildman–Crippen LogP) is 3.37. The summed E-state index contributed by atoms with van der Waals surface area (Å²) in [5, 5.41) is 0. The molecule has 2 aromatic rings. The lowest BCUT2D eigenvalue weighted by molar-refractivity contribution is 0.0718. The highest BCUT2D eigenvalue weighted by atomic mass is 16.2. The number of benzene rings is 1. The van der Waals surface area contributed by atoms with Crippen molar-refractivity contribution in [1.82, 2.24) is 14.8 Å². The van der Waals surface area contributed by atoms with Crippen LogP contribution in [0, 0.1) is 0 Å². The number of aromatic nitrogens is 1. The summed E-state index contributed by atoms with van der Waals surface area (Å²) in [5.41, 5.74) is 2.63. The molecule has 0 aliphatic carbocycles. The number of hydrogen-bond acceptors (Lipinski definition) is 3. The molecule has 1 aromatic carbocycles. The third-order valence-corrected chi connectivity index (χ3v) is 5.00. The molecule has 0 saturated carbocycles. The smallest absolute Gasteiger partial charge is 0.254 e. The lowest BCUT2D eigenvalue weighted by Crippen LogP contribution is -2.37. The molecule has 27 heavy (non-hydrogen) atoms. The minimum Gasteiger partial charge on any atom is -0.337 e. The van der Waals surface area contributed by atoms with Crippen LogP contribution in [0.1, 0.15) is 53.5 Å². The SMILES string of the molecule is CC(C)(C)c1ccc(C(=O)N2CCCN(C(=O)c3ccncc3)CC2)cc1. The molecule has 2 amide bonds. The van der Waals surface area contributed by atoms with Crippen molar-refractivity contribution >= 4 is 11.8 Å². The minimum absolute atomic E-state index is 0.00114. The van der Waals surface area contributed by atoms with Gasteiger partial charge in [-0.2, -0.15) is 0 Å². The van der Waals surface area contributed by atoms with E-state index < -0.39 is 0 Å². The van der Waals surface area contributed by atoms with Crippen molar-refractivity contribution < 1.29 is 9.59 Å². The van der Waals surface area contributed by atoms with Gasteiger partial charge >= 0.3 is 0 Å². The van der Waals surface area contributed by atoms with Gasteiger partial charge in [-0.15, -0.1) is 0 Å². The summed E-state index contributed by atoms with van der Waals surface area (Å²) in [6.45, 7) is 8.91. The number of pyridine rings is 1. The molecule has 1 saturated heterocycles. The third kappa shape index (κ3) is 4.54. The summed E-state index contributed by atoms with van der Waals surface area (Å²) in [5.74, 6) is 0.0369. The van der Waals surface area contributed by atoms with Crippen molar-refractivity contribution in [3.05, 3.63) is 65.5 Å². The Kier molecular flexibility index (Phi) is 5.59. The Labute approximate surface area is 161 Å². The zero-order valence-electron chi connectivity index (χ0n) is 16.3. The average molecular weight is 365 g/mol. The van der Waals surface area contributed by atoms with E-state index in [2.05, 4.69) is 25.8 Å². The Balaban J connectivity index is 1.65. The summed E-state index contributed by atoms with van der Waals surface area (Å²) < 4.78 is 0. The van der Waals surface area contributed by atoms with Gasteiger partial charge in [-0.3, -0.25) is 14.6 Å². The Morgan fingerprint density at radius 3 is 1.74 bits per heavy atom. The average Bonchev–Trinajstić information content (AvgIpc) is 2.93.